The summed E-state index contributed by atoms with van der Waals surface area (Å²) in [6, 6.07) is 2.89. The summed E-state index contributed by atoms with van der Waals surface area (Å²) in [7, 11) is 1.02. The van der Waals surface area contributed by atoms with Gasteiger partial charge >= 0.3 is 5.97 Å². The first-order valence-electron chi connectivity index (χ1n) is 4.47. The highest BCUT2D eigenvalue weighted by atomic mass is 19.1. The Bertz CT molecular complexity index is 622. The quantitative estimate of drug-likeness (QED) is 0.341. The molecule has 0 saturated carbocycles. The number of rotatable bonds is 2. The minimum atomic E-state index is -1.03. The maximum atomic E-state index is 13.5. The highest BCUT2D eigenvalue weighted by Crippen LogP contribution is 2.23. The smallest absolute Gasteiger partial charge is 0.344 e. The van der Waals surface area contributed by atoms with Gasteiger partial charge in [-0.2, -0.15) is 5.26 Å². The first-order valence-corrected chi connectivity index (χ1v) is 4.47. The summed E-state index contributed by atoms with van der Waals surface area (Å²) < 4.78 is 17.8. The summed E-state index contributed by atoms with van der Waals surface area (Å²) in [6.45, 7) is 0. The molecule has 6 nitrogen and oxygen atoms in total. The van der Waals surface area contributed by atoms with E-state index in [2.05, 4.69) is 10.7 Å². The van der Waals surface area contributed by atoms with E-state index in [1.54, 1.807) is 0 Å². The Kier molecular flexibility index (Phi) is 3.95. The molecule has 7 heteroatoms. The van der Waals surface area contributed by atoms with E-state index < -0.39 is 28.0 Å². The van der Waals surface area contributed by atoms with Gasteiger partial charge in [-0.25, -0.2) is 9.18 Å². The van der Waals surface area contributed by atoms with Crippen LogP contribution in [0.5, 0.6) is 0 Å². The monoisotopic (exact) mass is 248 g/mol. The molecule has 0 aromatic heterocycles. The predicted molar refractivity (Wildman–Crippen MR) is 56.9 cm³/mol. The second kappa shape index (κ2) is 5.41. The van der Waals surface area contributed by atoms with Crippen molar-refractivity contribution >= 4 is 11.7 Å². The van der Waals surface area contributed by atoms with Crippen molar-refractivity contribution in [2.45, 2.75) is 0 Å². The molecule has 0 aliphatic rings. The van der Waals surface area contributed by atoms with E-state index >= 15 is 0 Å². The summed E-state index contributed by atoms with van der Waals surface area (Å²) in [5.41, 5.74) is -1.48. The van der Waals surface area contributed by atoms with Crippen LogP contribution < -0.4 is 0 Å². The number of ether oxygens (including phenoxy) is 1. The molecule has 0 bridgehead atoms. The molecule has 0 heterocycles. The van der Waals surface area contributed by atoms with Gasteiger partial charge in [0.2, 0.25) is 0 Å². The third-order valence-corrected chi connectivity index (χ3v) is 1.94. The van der Waals surface area contributed by atoms with Crippen LogP contribution in [0.2, 0.25) is 0 Å². The maximum absolute atomic E-state index is 13.5. The highest BCUT2D eigenvalue weighted by Gasteiger charge is 2.23. The predicted octanol–water partition coefficient (Wildman–Crippen LogP) is 1.40. The van der Waals surface area contributed by atoms with E-state index in [0.29, 0.717) is 6.07 Å². The molecule has 0 aliphatic heterocycles. The molecule has 0 saturated heterocycles. The Labute approximate surface area is 101 Å². The molecule has 0 unspecified atom stereocenters. The minimum Gasteiger partial charge on any atom is -0.465 e. The molecule has 0 spiro atoms. The second-order valence-electron chi connectivity index (χ2n) is 2.96. The number of nitro groups is 1. The van der Waals surface area contributed by atoms with Crippen LogP contribution in [-0.2, 0) is 4.74 Å². The van der Waals surface area contributed by atoms with Gasteiger partial charge in [0.1, 0.15) is 11.4 Å². The van der Waals surface area contributed by atoms with Crippen molar-refractivity contribution in [1.82, 2.24) is 0 Å². The van der Waals surface area contributed by atoms with Crippen molar-refractivity contribution in [3.63, 3.8) is 0 Å². The topological polar surface area (TPSA) is 93.2 Å². The second-order valence-corrected chi connectivity index (χ2v) is 2.96. The SMILES string of the molecule is COC(=O)c1cc(F)c(C#CC#N)cc1[N+](=O)[O-]. The van der Waals surface area contributed by atoms with Crippen molar-refractivity contribution in [2.75, 3.05) is 7.11 Å². The molecule has 1 aromatic rings. The lowest BCUT2D eigenvalue weighted by Crippen LogP contribution is -2.07. The first kappa shape index (κ1) is 13.1. The summed E-state index contributed by atoms with van der Waals surface area (Å²) in [6.07, 6.45) is 0. The number of nitriles is 1. The summed E-state index contributed by atoms with van der Waals surface area (Å²) >= 11 is 0. The summed E-state index contributed by atoms with van der Waals surface area (Å²) in [5.74, 6) is 2.04. The molecule has 0 N–H and O–H groups in total. The van der Waals surface area contributed by atoms with Crippen LogP contribution in [0.4, 0.5) is 10.1 Å². The Balaban J connectivity index is 3.49. The van der Waals surface area contributed by atoms with Crippen LogP contribution in [0, 0.1) is 39.1 Å². The van der Waals surface area contributed by atoms with Gasteiger partial charge in [-0.3, -0.25) is 10.1 Å². The third kappa shape index (κ3) is 2.60. The number of hydrogen-bond acceptors (Lipinski definition) is 5. The number of halogens is 1. The minimum absolute atomic E-state index is 0.337. The lowest BCUT2D eigenvalue weighted by Gasteiger charge is -2.02. The number of nitro benzene ring substituents is 1. The summed E-state index contributed by atoms with van der Waals surface area (Å²) in [4.78, 5) is 21.1. The molecular formula is C11H5FN2O4. The number of hydrogen-bond donors (Lipinski definition) is 0. The van der Waals surface area contributed by atoms with E-state index in [1.165, 1.54) is 6.07 Å². The Hall–Kier alpha value is -2.93. The van der Waals surface area contributed by atoms with Gasteiger partial charge < -0.3 is 4.74 Å². The van der Waals surface area contributed by atoms with Gasteiger partial charge in [0.25, 0.3) is 5.69 Å². The number of benzene rings is 1. The normalized spacial score (nSPS) is 8.72. The first-order chi connectivity index (χ1) is 8.51. The molecule has 18 heavy (non-hydrogen) atoms. The number of esters is 1. The van der Waals surface area contributed by atoms with Crippen molar-refractivity contribution in [3.8, 4) is 17.9 Å². The Morgan fingerprint density at radius 3 is 2.72 bits per heavy atom. The van der Waals surface area contributed by atoms with Gasteiger partial charge in [-0.05, 0) is 12.0 Å². The molecule has 0 fully saturated rings. The maximum Gasteiger partial charge on any atom is 0.344 e. The highest BCUT2D eigenvalue weighted by molar-refractivity contribution is 5.94. The zero-order valence-electron chi connectivity index (χ0n) is 9.06. The van der Waals surface area contributed by atoms with Gasteiger partial charge in [-0.1, -0.05) is 0 Å². The third-order valence-electron chi connectivity index (χ3n) is 1.94. The van der Waals surface area contributed by atoms with Crippen molar-refractivity contribution in [2.24, 2.45) is 0 Å². The number of carbonyl (C=O) groups is 1. The summed E-state index contributed by atoms with van der Waals surface area (Å²) in [5, 5.41) is 19.0. The number of nitrogens with zero attached hydrogens (tertiary/aromatic N) is 2. The van der Waals surface area contributed by atoms with E-state index in [1.807, 2.05) is 5.92 Å². The van der Waals surface area contributed by atoms with Crippen LogP contribution in [0.1, 0.15) is 15.9 Å². The van der Waals surface area contributed by atoms with Gasteiger partial charge in [0, 0.05) is 12.0 Å². The van der Waals surface area contributed by atoms with Crippen LogP contribution in [-0.4, -0.2) is 18.0 Å². The zero-order valence-corrected chi connectivity index (χ0v) is 9.06. The van der Waals surface area contributed by atoms with Crippen molar-refractivity contribution < 1.29 is 18.8 Å². The van der Waals surface area contributed by atoms with Crippen molar-refractivity contribution in [1.29, 1.82) is 5.26 Å². The number of methoxy groups -OCH3 is 1. The number of carbonyl (C=O) groups excluding carboxylic acids is 1. The molecule has 0 amide bonds. The Morgan fingerprint density at radius 1 is 1.56 bits per heavy atom. The van der Waals surface area contributed by atoms with Gasteiger partial charge in [0.05, 0.1) is 17.6 Å². The fraction of sp³-hybridized carbons (Fsp3) is 0.0909. The zero-order chi connectivity index (χ0) is 13.7. The van der Waals surface area contributed by atoms with E-state index in [0.717, 1.165) is 13.2 Å². The van der Waals surface area contributed by atoms with Crippen LogP contribution in [0.3, 0.4) is 0 Å². The van der Waals surface area contributed by atoms with E-state index in [4.69, 9.17) is 5.26 Å². The lowest BCUT2D eigenvalue weighted by molar-refractivity contribution is -0.385. The van der Waals surface area contributed by atoms with Crippen molar-refractivity contribution in [3.05, 3.63) is 39.2 Å². The molecule has 0 aliphatic carbocycles. The van der Waals surface area contributed by atoms with E-state index in [9.17, 15) is 19.3 Å². The molecule has 0 atom stereocenters. The fourth-order valence-electron chi connectivity index (χ4n) is 1.18. The fourth-order valence-corrected chi connectivity index (χ4v) is 1.18. The Morgan fingerprint density at radius 2 is 2.22 bits per heavy atom. The molecule has 90 valence electrons. The average Bonchev–Trinajstić information content (AvgIpc) is 2.35. The van der Waals surface area contributed by atoms with E-state index in [-0.39, 0.29) is 5.56 Å². The van der Waals surface area contributed by atoms with Crippen LogP contribution in [0.15, 0.2) is 12.1 Å². The molecule has 1 rings (SSSR count). The molecular weight excluding hydrogens is 243 g/mol. The van der Waals surface area contributed by atoms with Gasteiger partial charge in [0.15, 0.2) is 6.07 Å². The average molecular weight is 248 g/mol. The van der Waals surface area contributed by atoms with Crippen LogP contribution in [0.25, 0.3) is 0 Å². The standard InChI is InChI=1S/C11H5FN2O4/c1-18-11(15)8-6-9(12)7(3-2-4-13)5-10(8)14(16)17/h5-6H,1H3. The molecule has 0 radical (unpaired) electrons. The van der Waals surface area contributed by atoms with Gasteiger partial charge in [-0.15, -0.1) is 0 Å². The lowest BCUT2D eigenvalue weighted by atomic mass is 10.1. The van der Waals surface area contributed by atoms with Crippen LogP contribution >= 0.6 is 0 Å². The molecule has 1 aromatic carbocycles. The largest absolute Gasteiger partial charge is 0.465 e.